The molecule has 0 N–H and O–H groups in total. The Kier molecular flexibility index (Phi) is 1.18. The molecule has 0 saturated heterocycles. The summed E-state index contributed by atoms with van der Waals surface area (Å²) in [5, 5.41) is 1.48. The number of allylic oxidation sites excluding steroid dienone is 5. The summed E-state index contributed by atoms with van der Waals surface area (Å²) in [6.07, 6.45) is 4.42. The van der Waals surface area contributed by atoms with Crippen molar-refractivity contribution in [3.05, 3.63) is 34.7 Å². The van der Waals surface area contributed by atoms with E-state index < -0.39 is 0 Å². The molecule has 0 aromatic rings. The van der Waals surface area contributed by atoms with E-state index in [1.54, 1.807) is 0 Å². The van der Waals surface area contributed by atoms with Crippen LogP contribution in [0.25, 0.3) is 0 Å². The Labute approximate surface area is 62.8 Å². The van der Waals surface area contributed by atoms with Gasteiger partial charge < -0.3 is 0 Å². The van der Waals surface area contributed by atoms with E-state index in [1.807, 2.05) is 0 Å². The average Bonchev–Trinajstić information content (AvgIpc) is 2.40. The molecule has 0 nitrogen and oxygen atoms in total. The number of fused-ring (bicyclic) bond motifs is 1. The maximum Gasteiger partial charge on any atom is 0.00958 e. The molecule has 0 amide bonds. The molecule has 0 fully saturated rings. The molecule has 1 heteroatoms. The van der Waals surface area contributed by atoms with Gasteiger partial charge in [-0.2, -0.15) is 0 Å². The van der Waals surface area contributed by atoms with Crippen molar-refractivity contribution in [2.24, 2.45) is 0 Å². The number of hydrogen-bond acceptors (Lipinski definition) is 0. The predicted molar refractivity (Wildman–Crippen MR) is 47.5 cm³/mol. The summed E-state index contributed by atoms with van der Waals surface area (Å²) in [6.45, 7) is 4.36. The Balaban J connectivity index is 2.59. The molecule has 2 rings (SSSR count). The normalized spacial score (nSPS) is 23.0. The summed E-state index contributed by atoms with van der Waals surface area (Å²) in [5.74, 6) is 2.28. The molecule has 10 heavy (non-hydrogen) atoms. The number of rotatable bonds is 0. The minimum Gasteiger partial charge on any atom is -0.0675 e. The van der Waals surface area contributed by atoms with Crippen molar-refractivity contribution in [1.82, 2.24) is 0 Å². The predicted octanol–water partition coefficient (Wildman–Crippen LogP) is 2.91. The van der Waals surface area contributed by atoms with Gasteiger partial charge in [0.05, 0.1) is 0 Å². The Morgan fingerprint density at radius 1 is 1.20 bits per heavy atom. The van der Waals surface area contributed by atoms with E-state index in [0.29, 0.717) is 0 Å². The van der Waals surface area contributed by atoms with Crippen LogP contribution >= 0.6 is 8.20 Å². The first-order valence-corrected chi connectivity index (χ1v) is 4.39. The van der Waals surface area contributed by atoms with Crippen LogP contribution in [0.4, 0.5) is 0 Å². The Morgan fingerprint density at radius 2 is 2.00 bits per heavy atom. The van der Waals surface area contributed by atoms with Gasteiger partial charge in [-0.05, 0) is 42.5 Å². The van der Waals surface area contributed by atoms with Gasteiger partial charge in [-0.1, -0.05) is 14.3 Å². The van der Waals surface area contributed by atoms with Gasteiger partial charge in [0, 0.05) is 5.29 Å². The van der Waals surface area contributed by atoms with Gasteiger partial charge in [-0.3, -0.25) is 0 Å². The highest BCUT2D eigenvalue weighted by atomic mass is 31.1. The highest BCUT2D eigenvalue weighted by Gasteiger charge is 2.16. The monoisotopic (exact) mass is 148 g/mol. The molecular formula is C9H9P. The first-order valence-electron chi connectivity index (χ1n) is 3.43. The highest BCUT2D eigenvalue weighted by molar-refractivity contribution is 7.46. The van der Waals surface area contributed by atoms with Gasteiger partial charge in [0.2, 0.25) is 0 Å². The zero-order valence-corrected chi connectivity index (χ0v) is 7.07. The van der Waals surface area contributed by atoms with Crippen LogP contribution in [0, 0.1) is 0 Å². The molecule has 0 radical (unpaired) electrons. The van der Waals surface area contributed by atoms with Crippen molar-refractivity contribution < 1.29 is 0 Å². The third-order valence-corrected chi connectivity index (χ3v) is 3.10. The molecule has 1 aliphatic carbocycles. The molecule has 0 aromatic heterocycles. The molecule has 0 aromatic carbocycles. The second-order valence-electron chi connectivity index (χ2n) is 2.72. The molecule has 0 saturated carbocycles. The zero-order valence-electron chi connectivity index (χ0n) is 6.18. The van der Waals surface area contributed by atoms with Crippen LogP contribution in [0.5, 0.6) is 0 Å². The minimum atomic E-state index is 1.38. The lowest BCUT2D eigenvalue weighted by molar-refractivity contribution is 1.42. The Hall–Kier alpha value is -0.610. The average molecular weight is 148 g/mol. The fourth-order valence-corrected chi connectivity index (χ4v) is 2.53. The van der Waals surface area contributed by atoms with E-state index >= 15 is 0 Å². The van der Waals surface area contributed by atoms with Gasteiger partial charge in [-0.25, -0.2) is 0 Å². The Bertz CT molecular complexity index is 301. The van der Waals surface area contributed by atoms with Crippen LogP contribution in [0.3, 0.4) is 0 Å². The quantitative estimate of drug-likeness (QED) is 0.463. The molecule has 0 unspecified atom stereocenters. The molecule has 0 spiro atoms. The molecule has 50 valence electrons. The van der Waals surface area contributed by atoms with Crippen LogP contribution in [0.2, 0.25) is 0 Å². The van der Waals surface area contributed by atoms with E-state index in [0.717, 1.165) is 0 Å². The maximum absolute atomic E-state index is 2.28. The smallest absolute Gasteiger partial charge is 0.00958 e. The van der Waals surface area contributed by atoms with Gasteiger partial charge in [0.25, 0.3) is 0 Å². The minimum absolute atomic E-state index is 1.38. The van der Waals surface area contributed by atoms with Crippen LogP contribution in [0.1, 0.15) is 13.8 Å². The molecular weight excluding hydrogens is 139 g/mol. The van der Waals surface area contributed by atoms with E-state index in [2.05, 4.69) is 31.8 Å². The number of hydrogen-bond donors (Lipinski definition) is 0. The molecule has 2 aliphatic rings. The van der Waals surface area contributed by atoms with Gasteiger partial charge in [0.15, 0.2) is 0 Å². The van der Waals surface area contributed by atoms with E-state index in [4.69, 9.17) is 0 Å². The van der Waals surface area contributed by atoms with Crippen molar-refractivity contribution >= 4 is 13.5 Å². The summed E-state index contributed by atoms with van der Waals surface area (Å²) in [7, 11) is 1.38. The topological polar surface area (TPSA) is 0 Å². The lowest BCUT2D eigenvalue weighted by Gasteiger charge is -1.98. The van der Waals surface area contributed by atoms with Crippen LogP contribution in [-0.4, -0.2) is 5.29 Å². The molecule has 1 aliphatic heterocycles. The molecule has 1 heterocycles. The first kappa shape index (κ1) is 6.12. The standard InChI is InChI=1S/C9H9P/c1-6-3-4-8-9(6)7(2)5-10-8/h3-5H,1-2H3. The molecule has 0 bridgehead atoms. The first-order chi connectivity index (χ1) is 4.79. The summed E-state index contributed by atoms with van der Waals surface area (Å²) in [6, 6.07) is 0. The highest BCUT2D eigenvalue weighted by Crippen LogP contribution is 2.34. The SMILES string of the molecule is CC1=CP=C2C=CC(C)=C12. The fourth-order valence-electron chi connectivity index (χ4n) is 1.42. The van der Waals surface area contributed by atoms with Crippen molar-refractivity contribution in [2.45, 2.75) is 13.8 Å². The van der Waals surface area contributed by atoms with Crippen molar-refractivity contribution in [2.75, 3.05) is 0 Å². The summed E-state index contributed by atoms with van der Waals surface area (Å²) < 4.78 is 0. The Morgan fingerprint density at radius 3 is 2.70 bits per heavy atom. The summed E-state index contributed by atoms with van der Waals surface area (Å²) in [5.41, 5.74) is 4.36. The maximum atomic E-state index is 2.28. The van der Waals surface area contributed by atoms with Crippen molar-refractivity contribution in [3.8, 4) is 0 Å². The van der Waals surface area contributed by atoms with Gasteiger partial charge in [-0.15, -0.1) is 0 Å². The van der Waals surface area contributed by atoms with Crippen LogP contribution in [-0.2, 0) is 0 Å². The zero-order chi connectivity index (χ0) is 7.14. The third kappa shape index (κ3) is 0.660. The van der Waals surface area contributed by atoms with Gasteiger partial charge >= 0.3 is 0 Å². The van der Waals surface area contributed by atoms with Crippen molar-refractivity contribution in [1.29, 1.82) is 0 Å². The summed E-state index contributed by atoms with van der Waals surface area (Å²) >= 11 is 0. The third-order valence-electron chi connectivity index (χ3n) is 1.93. The lowest BCUT2D eigenvalue weighted by atomic mass is 10.1. The van der Waals surface area contributed by atoms with E-state index in [9.17, 15) is 0 Å². The van der Waals surface area contributed by atoms with Crippen molar-refractivity contribution in [3.63, 3.8) is 0 Å². The summed E-state index contributed by atoms with van der Waals surface area (Å²) in [4.78, 5) is 0. The largest absolute Gasteiger partial charge is 0.0675 e. The van der Waals surface area contributed by atoms with E-state index in [-0.39, 0.29) is 0 Å². The second kappa shape index (κ2) is 1.93. The van der Waals surface area contributed by atoms with Crippen LogP contribution < -0.4 is 0 Å². The lowest BCUT2D eigenvalue weighted by Crippen LogP contribution is -1.89. The molecule has 0 atom stereocenters. The second-order valence-corrected chi connectivity index (χ2v) is 3.72. The van der Waals surface area contributed by atoms with Crippen LogP contribution in [0.15, 0.2) is 34.7 Å². The van der Waals surface area contributed by atoms with E-state index in [1.165, 1.54) is 30.2 Å². The fraction of sp³-hybridized carbons (Fsp3) is 0.222. The van der Waals surface area contributed by atoms with Gasteiger partial charge in [0.1, 0.15) is 0 Å².